The van der Waals surface area contributed by atoms with Crippen LogP contribution < -0.4 is 0 Å². The molecule has 1 aromatic carbocycles. The van der Waals surface area contributed by atoms with E-state index in [1.54, 1.807) is 4.90 Å². The number of rotatable bonds is 9. The van der Waals surface area contributed by atoms with Crippen LogP contribution in [0.25, 0.3) is 0 Å². The van der Waals surface area contributed by atoms with Gasteiger partial charge in [0.25, 0.3) is 0 Å². The third kappa shape index (κ3) is 5.08. The molecule has 0 aliphatic heterocycles. The number of carbonyl (C=O) groups is 2. The molecule has 1 aliphatic carbocycles. The predicted octanol–water partition coefficient (Wildman–Crippen LogP) is 3.95. The Kier molecular flexibility index (Phi) is 6.78. The maximum absolute atomic E-state index is 13.4. The van der Waals surface area contributed by atoms with E-state index in [2.05, 4.69) is 10.6 Å². The highest BCUT2D eigenvalue weighted by molar-refractivity contribution is 5.89. The Balaban J connectivity index is 1.75. The summed E-state index contributed by atoms with van der Waals surface area (Å²) in [6, 6.07) is 14.2. The van der Waals surface area contributed by atoms with Gasteiger partial charge in [-0.05, 0) is 50.8 Å². The summed E-state index contributed by atoms with van der Waals surface area (Å²) >= 11 is 0. The highest BCUT2D eigenvalue weighted by Gasteiger charge is 2.35. The van der Waals surface area contributed by atoms with Crippen LogP contribution >= 0.6 is 0 Å². The van der Waals surface area contributed by atoms with Gasteiger partial charge >= 0.3 is 0 Å². The maximum atomic E-state index is 13.4. The van der Waals surface area contributed by atoms with Gasteiger partial charge in [0.05, 0.1) is 12.5 Å². The number of nitrogens with zero attached hydrogens (tertiary/aromatic N) is 3. The molecule has 1 aliphatic rings. The number of aromatic nitrogens is 1. The standard InChI is InChI=1S/C24H33N3O2/c1-5-22(19-10-7-6-8-11-19)24(29)26(18(2)3)17-23(28)27(20-13-14-20)16-21-12-9-15-25(21)4/h6-12,15,18,20,22H,5,13-14,16-17H2,1-4H3. The van der Waals surface area contributed by atoms with Crippen LogP contribution in [0, 0.1) is 0 Å². The van der Waals surface area contributed by atoms with E-state index in [1.165, 1.54) is 0 Å². The number of benzene rings is 1. The van der Waals surface area contributed by atoms with Crippen molar-refractivity contribution < 1.29 is 9.59 Å². The number of hydrogen-bond acceptors (Lipinski definition) is 2. The summed E-state index contributed by atoms with van der Waals surface area (Å²) in [4.78, 5) is 30.3. The van der Waals surface area contributed by atoms with Crippen LogP contribution in [0.1, 0.15) is 57.2 Å². The second-order valence-corrected chi connectivity index (χ2v) is 8.29. The molecule has 5 heteroatoms. The summed E-state index contributed by atoms with van der Waals surface area (Å²) in [6.45, 7) is 6.74. The van der Waals surface area contributed by atoms with Crippen LogP contribution in [-0.4, -0.2) is 44.8 Å². The molecule has 0 radical (unpaired) electrons. The largest absolute Gasteiger partial charge is 0.353 e. The zero-order valence-electron chi connectivity index (χ0n) is 18.0. The van der Waals surface area contributed by atoms with Gasteiger partial charge in [-0.1, -0.05) is 37.3 Å². The fraction of sp³-hybridized carbons (Fsp3) is 0.500. The molecule has 1 unspecified atom stereocenters. The summed E-state index contributed by atoms with van der Waals surface area (Å²) in [7, 11) is 2.00. The van der Waals surface area contributed by atoms with Gasteiger partial charge in [0, 0.05) is 31.0 Å². The van der Waals surface area contributed by atoms with Crippen LogP contribution in [0.3, 0.4) is 0 Å². The summed E-state index contributed by atoms with van der Waals surface area (Å²) in [5.74, 6) is -0.135. The molecule has 5 nitrogen and oxygen atoms in total. The van der Waals surface area contributed by atoms with Crippen molar-refractivity contribution in [2.24, 2.45) is 7.05 Å². The minimum Gasteiger partial charge on any atom is -0.353 e. The Hall–Kier alpha value is -2.56. The summed E-state index contributed by atoms with van der Waals surface area (Å²) in [5, 5.41) is 0. The Bertz CT molecular complexity index is 824. The van der Waals surface area contributed by atoms with Crippen molar-refractivity contribution in [2.75, 3.05) is 6.54 Å². The van der Waals surface area contributed by atoms with Crippen molar-refractivity contribution in [2.45, 2.75) is 64.6 Å². The van der Waals surface area contributed by atoms with Crippen LogP contribution in [0.2, 0.25) is 0 Å². The van der Waals surface area contributed by atoms with Gasteiger partial charge in [-0.15, -0.1) is 0 Å². The second-order valence-electron chi connectivity index (χ2n) is 8.29. The molecule has 1 aromatic heterocycles. The average molecular weight is 396 g/mol. The van der Waals surface area contributed by atoms with E-state index >= 15 is 0 Å². The highest BCUT2D eigenvalue weighted by Crippen LogP contribution is 2.29. The van der Waals surface area contributed by atoms with E-state index in [0.717, 1.165) is 30.5 Å². The summed E-state index contributed by atoms with van der Waals surface area (Å²) < 4.78 is 2.05. The summed E-state index contributed by atoms with van der Waals surface area (Å²) in [6.07, 6.45) is 4.82. The van der Waals surface area contributed by atoms with E-state index in [9.17, 15) is 9.59 Å². The lowest BCUT2D eigenvalue weighted by Crippen LogP contribution is -2.47. The molecule has 0 spiro atoms. The normalized spacial score (nSPS) is 14.7. The van der Waals surface area contributed by atoms with Gasteiger partial charge in [0.15, 0.2) is 0 Å². The van der Waals surface area contributed by atoms with Crippen molar-refractivity contribution in [3.8, 4) is 0 Å². The smallest absolute Gasteiger partial charge is 0.242 e. The number of carbonyl (C=O) groups excluding carboxylic acids is 2. The minimum absolute atomic E-state index is 0.0275. The first-order valence-electron chi connectivity index (χ1n) is 10.7. The van der Waals surface area contributed by atoms with Crippen molar-refractivity contribution in [1.29, 1.82) is 0 Å². The van der Waals surface area contributed by atoms with Crippen LogP contribution in [-0.2, 0) is 23.2 Å². The van der Waals surface area contributed by atoms with E-state index in [0.29, 0.717) is 12.6 Å². The van der Waals surface area contributed by atoms with Crippen molar-refractivity contribution >= 4 is 11.8 Å². The monoisotopic (exact) mass is 395 g/mol. The molecule has 29 heavy (non-hydrogen) atoms. The van der Waals surface area contributed by atoms with Crippen LogP contribution in [0.4, 0.5) is 0 Å². The molecule has 156 valence electrons. The lowest BCUT2D eigenvalue weighted by atomic mass is 9.94. The first-order chi connectivity index (χ1) is 13.9. The maximum Gasteiger partial charge on any atom is 0.242 e. The Labute approximate surface area is 174 Å². The van der Waals surface area contributed by atoms with Gasteiger partial charge in [0.1, 0.15) is 6.54 Å². The van der Waals surface area contributed by atoms with E-state index in [-0.39, 0.29) is 30.3 Å². The van der Waals surface area contributed by atoms with Crippen molar-refractivity contribution in [1.82, 2.24) is 14.4 Å². The molecule has 0 saturated heterocycles. The third-order valence-corrected chi connectivity index (χ3v) is 5.81. The molecule has 1 heterocycles. The Morgan fingerprint density at radius 3 is 2.31 bits per heavy atom. The first kappa shape index (κ1) is 21.2. The molecule has 0 N–H and O–H groups in total. The third-order valence-electron chi connectivity index (χ3n) is 5.81. The zero-order chi connectivity index (χ0) is 21.0. The molecule has 2 amide bonds. The first-order valence-corrected chi connectivity index (χ1v) is 10.7. The van der Waals surface area contributed by atoms with E-state index < -0.39 is 0 Å². The van der Waals surface area contributed by atoms with E-state index in [4.69, 9.17) is 0 Å². The Morgan fingerprint density at radius 1 is 1.10 bits per heavy atom. The quantitative estimate of drug-likeness (QED) is 0.645. The van der Waals surface area contributed by atoms with Gasteiger partial charge in [-0.25, -0.2) is 0 Å². The van der Waals surface area contributed by atoms with Crippen molar-refractivity contribution in [3.05, 3.63) is 59.9 Å². The highest BCUT2D eigenvalue weighted by atomic mass is 16.2. The number of aryl methyl sites for hydroxylation is 1. The molecule has 3 rings (SSSR count). The second kappa shape index (κ2) is 9.29. The Morgan fingerprint density at radius 2 is 1.79 bits per heavy atom. The molecule has 1 saturated carbocycles. The minimum atomic E-state index is -0.214. The molecular weight excluding hydrogens is 362 g/mol. The van der Waals surface area contributed by atoms with Crippen LogP contribution in [0.15, 0.2) is 48.7 Å². The molecule has 1 atom stereocenters. The number of amides is 2. The SMILES string of the molecule is CCC(C(=O)N(CC(=O)N(Cc1cccn1C)C1CC1)C(C)C)c1ccccc1. The van der Waals surface area contributed by atoms with Crippen molar-refractivity contribution in [3.63, 3.8) is 0 Å². The van der Waals surface area contributed by atoms with E-state index in [1.807, 2.05) is 75.3 Å². The fourth-order valence-electron chi connectivity index (χ4n) is 3.83. The predicted molar refractivity (Wildman–Crippen MR) is 115 cm³/mol. The lowest BCUT2D eigenvalue weighted by Gasteiger charge is -2.32. The molecule has 2 aromatic rings. The molecular formula is C24H33N3O2. The van der Waals surface area contributed by atoms with Gasteiger partial charge in [-0.3, -0.25) is 9.59 Å². The topological polar surface area (TPSA) is 45.6 Å². The average Bonchev–Trinajstić information content (AvgIpc) is 3.47. The molecule has 1 fully saturated rings. The van der Waals surface area contributed by atoms with Gasteiger partial charge in [-0.2, -0.15) is 0 Å². The molecule has 0 bridgehead atoms. The number of hydrogen-bond donors (Lipinski definition) is 0. The summed E-state index contributed by atoms with van der Waals surface area (Å²) in [5.41, 5.74) is 2.13. The fourth-order valence-corrected chi connectivity index (χ4v) is 3.83. The zero-order valence-corrected chi connectivity index (χ0v) is 18.0. The van der Waals surface area contributed by atoms with Gasteiger partial charge in [0.2, 0.25) is 11.8 Å². The lowest BCUT2D eigenvalue weighted by molar-refractivity contribution is -0.143. The van der Waals surface area contributed by atoms with Crippen LogP contribution in [0.5, 0.6) is 0 Å². The van der Waals surface area contributed by atoms with Gasteiger partial charge < -0.3 is 14.4 Å².